The van der Waals surface area contributed by atoms with Crippen LogP contribution in [0.3, 0.4) is 0 Å². The van der Waals surface area contributed by atoms with Crippen LogP contribution in [0.4, 0.5) is 0 Å². The van der Waals surface area contributed by atoms with E-state index in [0.717, 1.165) is 32.1 Å². The molecule has 0 spiro atoms. The molecule has 6 unspecified atom stereocenters. The molecule has 0 saturated heterocycles. The fourth-order valence-corrected chi connectivity index (χ4v) is 7.03. The van der Waals surface area contributed by atoms with Crippen molar-refractivity contribution in [2.24, 2.45) is 22.7 Å². The van der Waals surface area contributed by atoms with Crippen molar-refractivity contribution in [2.45, 2.75) is 131 Å². The van der Waals surface area contributed by atoms with Crippen molar-refractivity contribution in [3.63, 3.8) is 0 Å². The number of hydrogen-bond acceptors (Lipinski definition) is 6. The highest BCUT2D eigenvalue weighted by molar-refractivity contribution is 5.76. The van der Waals surface area contributed by atoms with Crippen LogP contribution in [0.25, 0.3) is 0 Å². The van der Waals surface area contributed by atoms with Crippen LogP contribution < -0.4 is 0 Å². The first-order chi connectivity index (χ1) is 17.3. The van der Waals surface area contributed by atoms with Gasteiger partial charge in [0, 0.05) is 17.8 Å². The van der Waals surface area contributed by atoms with Crippen LogP contribution >= 0.6 is 0 Å². The van der Waals surface area contributed by atoms with Gasteiger partial charge in [0.15, 0.2) is 6.29 Å². The molecular weight excluding hydrogens is 468 g/mol. The lowest BCUT2D eigenvalue weighted by atomic mass is 9.60. The van der Waals surface area contributed by atoms with Crippen molar-refractivity contribution in [3.05, 3.63) is 22.3 Å². The SMILES string of the molecule is CCC(OC(=O)COC(O)C1(C)CC2=C(CC2)C(C)(OC(=O)C(C)(C)CC)C1)C1CC(C)CC2=C1CC2. The summed E-state index contributed by atoms with van der Waals surface area (Å²) in [6, 6.07) is 0. The molecule has 0 fully saturated rings. The topological polar surface area (TPSA) is 82.1 Å². The Morgan fingerprint density at radius 3 is 2.38 bits per heavy atom. The summed E-state index contributed by atoms with van der Waals surface area (Å²) >= 11 is 0. The van der Waals surface area contributed by atoms with Gasteiger partial charge in [0.05, 0.1) is 5.41 Å². The molecule has 0 heterocycles. The molecule has 0 aromatic heterocycles. The van der Waals surface area contributed by atoms with Gasteiger partial charge in [-0.1, -0.05) is 44.4 Å². The Bertz CT molecular complexity index is 976. The third-order valence-corrected chi connectivity index (χ3v) is 9.79. The summed E-state index contributed by atoms with van der Waals surface area (Å²) in [6.07, 6.45) is 7.73. The van der Waals surface area contributed by atoms with E-state index < -0.39 is 28.7 Å². The minimum Gasteiger partial charge on any atom is -0.460 e. The maximum Gasteiger partial charge on any atom is 0.332 e. The molecule has 4 aliphatic rings. The largest absolute Gasteiger partial charge is 0.460 e. The first kappa shape index (κ1) is 28.4. The van der Waals surface area contributed by atoms with E-state index in [4.69, 9.17) is 14.2 Å². The van der Waals surface area contributed by atoms with Gasteiger partial charge in [-0.3, -0.25) is 4.79 Å². The Balaban J connectivity index is 1.37. The molecule has 1 N–H and O–H groups in total. The fraction of sp³-hybridized carbons (Fsp3) is 0.806. The summed E-state index contributed by atoms with van der Waals surface area (Å²) in [7, 11) is 0. The van der Waals surface area contributed by atoms with E-state index in [-0.39, 0.29) is 18.7 Å². The minimum absolute atomic E-state index is 0.140. The van der Waals surface area contributed by atoms with E-state index in [1.165, 1.54) is 29.6 Å². The first-order valence-electron chi connectivity index (χ1n) is 14.5. The molecule has 208 valence electrons. The van der Waals surface area contributed by atoms with Gasteiger partial charge >= 0.3 is 11.9 Å². The number of carbonyl (C=O) groups is 2. The van der Waals surface area contributed by atoms with Crippen molar-refractivity contribution >= 4 is 11.9 Å². The predicted molar refractivity (Wildman–Crippen MR) is 142 cm³/mol. The molecule has 0 saturated carbocycles. The predicted octanol–water partition coefficient (Wildman–Crippen LogP) is 6.41. The smallest absolute Gasteiger partial charge is 0.332 e. The number of esters is 2. The van der Waals surface area contributed by atoms with Crippen LogP contribution in [-0.4, -0.2) is 41.6 Å². The van der Waals surface area contributed by atoms with E-state index >= 15 is 0 Å². The van der Waals surface area contributed by atoms with Gasteiger partial charge in [0.1, 0.15) is 18.3 Å². The summed E-state index contributed by atoms with van der Waals surface area (Å²) in [5.41, 5.74) is 3.51. The van der Waals surface area contributed by atoms with Crippen molar-refractivity contribution in [1.82, 2.24) is 0 Å². The highest BCUT2D eigenvalue weighted by Gasteiger charge is 2.53. The van der Waals surface area contributed by atoms with E-state index in [2.05, 4.69) is 13.8 Å². The van der Waals surface area contributed by atoms with Crippen LogP contribution in [0.5, 0.6) is 0 Å². The standard InChI is InChI=1S/C31H48O6/c1-8-25(23-15-19(3)14-20-10-12-22(20)23)36-26(32)17-35-28(34)30(6)16-21-11-13-24(21)31(7,18-30)37-27(33)29(4,5)9-2/h19,23,25,28,34H,8-18H2,1-7H3. The summed E-state index contributed by atoms with van der Waals surface area (Å²) in [5.74, 6) is 0.298. The van der Waals surface area contributed by atoms with Gasteiger partial charge in [0.2, 0.25) is 0 Å². The lowest BCUT2D eigenvalue weighted by Gasteiger charge is -2.51. The Morgan fingerprint density at radius 1 is 1.11 bits per heavy atom. The zero-order valence-corrected chi connectivity index (χ0v) is 24.1. The molecule has 0 aromatic carbocycles. The second-order valence-corrected chi connectivity index (χ2v) is 13.3. The van der Waals surface area contributed by atoms with Gasteiger partial charge in [-0.15, -0.1) is 0 Å². The van der Waals surface area contributed by atoms with Crippen LogP contribution in [0.2, 0.25) is 0 Å². The number of aliphatic hydroxyl groups excluding tert-OH is 1. The zero-order valence-electron chi connectivity index (χ0n) is 24.1. The third kappa shape index (κ3) is 5.56. The van der Waals surface area contributed by atoms with Crippen molar-refractivity contribution < 1.29 is 28.9 Å². The molecule has 6 nitrogen and oxygen atoms in total. The lowest BCUT2D eigenvalue weighted by molar-refractivity contribution is -0.207. The molecule has 0 amide bonds. The summed E-state index contributed by atoms with van der Waals surface area (Å²) < 4.78 is 17.8. The minimum atomic E-state index is -1.16. The molecule has 0 aliphatic heterocycles. The van der Waals surface area contributed by atoms with Gasteiger partial charge in [-0.05, 0) is 90.0 Å². The van der Waals surface area contributed by atoms with Crippen LogP contribution in [0.15, 0.2) is 22.3 Å². The second-order valence-electron chi connectivity index (χ2n) is 13.3. The van der Waals surface area contributed by atoms with Crippen molar-refractivity contribution in [2.75, 3.05) is 6.61 Å². The lowest BCUT2D eigenvalue weighted by Crippen LogP contribution is -2.52. The van der Waals surface area contributed by atoms with E-state index in [1.807, 2.05) is 34.6 Å². The van der Waals surface area contributed by atoms with E-state index in [1.54, 1.807) is 5.57 Å². The Hall–Kier alpha value is -1.66. The molecular formula is C31H48O6. The van der Waals surface area contributed by atoms with E-state index in [9.17, 15) is 14.7 Å². The molecule has 4 aliphatic carbocycles. The number of hydrogen-bond donors (Lipinski definition) is 1. The number of carbonyl (C=O) groups excluding carboxylic acids is 2. The number of rotatable bonds is 10. The summed E-state index contributed by atoms with van der Waals surface area (Å²) in [4.78, 5) is 25.8. The number of ether oxygens (including phenoxy) is 3. The zero-order chi connectivity index (χ0) is 27.2. The molecule has 6 heteroatoms. The van der Waals surface area contributed by atoms with Crippen LogP contribution in [-0.2, 0) is 23.8 Å². The molecule has 0 aromatic rings. The average Bonchev–Trinajstić information content (AvgIpc) is 2.79. The van der Waals surface area contributed by atoms with Gasteiger partial charge in [-0.2, -0.15) is 0 Å². The summed E-state index contributed by atoms with van der Waals surface area (Å²) in [5, 5.41) is 11.1. The van der Waals surface area contributed by atoms with Gasteiger partial charge < -0.3 is 19.3 Å². The van der Waals surface area contributed by atoms with Crippen molar-refractivity contribution in [1.29, 1.82) is 0 Å². The molecule has 0 radical (unpaired) electrons. The van der Waals surface area contributed by atoms with Crippen LogP contribution in [0.1, 0.15) is 113 Å². The molecule has 4 rings (SSSR count). The maximum absolute atomic E-state index is 13.0. The number of allylic oxidation sites excluding steroid dienone is 2. The third-order valence-electron chi connectivity index (χ3n) is 9.79. The summed E-state index contributed by atoms with van der Waals surface area (Å²) in [6.45, 7) is 13.8. The van der Waals surface area contributed by atoms with E-state index in [0.29, 0.717) is 31.1 Å². The monoisotopic (exact) mass is 516 g/mol. The normalized spacial score (nSPS) is 33.0. The Kier molecular flexibility index (Phi) is 8.03. The Labute approximate surface area is 223 Å². The highest BCUT2D eigenvalue weighted by atomic mass is 16.6. The molecule has 37 heavy (non-hydrogen) atoms. The van der Waals surface area contributed by atoms with Crippen LogP contribution in [0, 0.1) is 22.7 Å². The first-order valence-corrected chi connectivity index (χ1v) is 14.5. The number of aliphatic hydroxyl groups is 1. The quantitative estimate of drug-likeness (QED) is 0.205. The van der Waals surface area contributed by atoms with Gasteiger partial charge in [0.25, 0.3) is 0 Å². The molecule has 0 bridgehead atoms. The maximum atomic E-state index is 13.0. The fourth-order valence-electron chi connectivity index (χ4n) is 7.03. The average molecular weight is 517 g/mol. The Morgan fingerprint density at radius 2 is 1.81 bits per heavy atom. The van der Waals surface area contributed by atoms with Crippen molar-refractivity contribution in [3.8, 4) is 0 Å². The second kappa shape index (κ2) is 10.5. The highest BCUT2D eigenvalue weighted by Crippen LogP contribution is 2.55. The molecule has 6 atom stereocenters. The van der Waals surface area contributed by atoms with Gasteiger partial charge in [-0.25, -0.2) is 4.79 Å².